The van der Waals surface area contributed by atoms with Crippen LogP contribution >= 0.6 is 0 Å². The lowest BCUT2D eigenvalue weighted by Crippen LogP contribution is -2.64. The van der Waals surface area contributed by atoms with E-state index >= 15 is 0 Å². The van der Waals surface area contributed by atoms with Gasteiger partial charge in [0.05, 0.1) is 7.11 Å². The molecule has 0 saturated carbocycles. The van der Waals surface area contributed by atoms with Gasteiger partial charge in [-0.15, -0.1) is 0 Å². The number of methoxy groups -OCH3 is 1. The summed E-state index contributed by atoms with van der Waals surface area (Å²) >= 11 is 0. The molecule has 0 aromatic rings. The van der Waals surface area contributed by atoms with Gasteiger partial charge in [-0.1, -0.05) is 6.92 Å². The zero-order valence-corrected chi connectivity index (χ0v) is 14.0. The van der Waals surface area contributed by atoms with Crippen LogP contribution in [0.15, 0.2) is 0 Å². The lowest BCUT2D eigenvalue weighted by Gasteiger charge is -2.40. The Kier molecular flexibility index (Phi) is 8.55. The Morgan fingerprint density at radius 2 is 1.84 bits per heavy atom. The maximum atomic E-state index is 11.6. The molecule has 11 heteroatoms. The van der Waals surface area contributed by atoms with Crippen molar-refractivity contribution >= 4 is 18.0 Å². The number of esters is 1. The molecular formula is C14H24N2O9. The molecule has 1 unspecified atom stereocenters. The number of alkyl carbamates (subject to hydrolysis) is 1. The van der Waals surface area contributed by atoms with Crippen LogP contribution in [-0.2, 0) is 23.8 Å². The van der Waals surface area contributed by atoms with Crippen molar-refractivity contribution in [2.45, 2.75) is 50.4 Å². The van der Waals surface area contributed by atoms with Crippen molar-refractivity contribution in [3.63, 3.8) is 0 Å². The number of amides is 2. The second-order valence-electron chi connectivity index (χ2n) is 5.42. The van der Waals surface area contributed by atoms with Gasteiger partial charge in [0, 0.05) is 6.42 Å². The highest BCUT2D eigenvalue weighted by atomic mass is 16.6. The van der Waals surface area contributed by atoms with Crippen molar-refractivity contribution in [3.8, 4) is 0 Å². The van der Waals surface area contributed by atoms with E-state index in [2.05, 4.69) is 15.4 Å². The van der Waals surface area contributed by atoms with E-state index in [0.717, 1.165) is 7.11 Å². The summed E-state index contributed by atoms with van der Waals surface area (Å²) in [5, 5.41) is 34.4. The first-order valence-corrected chi connectivity index (χ1v) is 7.76. The highest BCUT2D eigenvalue weighted by Gasteiger charge is 2.44. The standard InChI is InChI=1S/C14H24N2O9/c1-3-4-8(17)16-10-12(20)11(19)7(25-13(10)21)6-24-14(22)15-5-9(18)23-2/h7,10-13,19-21H,3-6H2,1-2H3,(H,15,22)(H,16,17)/t7-,10-,11-,12-,13?/m1/s1. The van der Waals surface area contributed by atoms with Gasteiger partial charge in [-0.2, -0.15) is 0 Å². The molecule has 0 spiro atoms. The number of carbonyl (C=O) groups excluding carboxylic acids is 3. The number of hydrogen-bond acceptors (Lipinski definition) is 9. The van der Waals surface area contributed by atoms with E-state index in [1.807, 2.05) is 0 Å². The summed E-state index contributed by atoms with van der Waals surface area (Å²) in [6.45, 7) is 0.898. The molecule has 144 valence electrons. The maximum absolute atomic E-state index is 11.6. The number of ether oxygens (including phenoxy) is 3. The minimum Gasteiger partial charge on any atom is -0.468 e. The third kappa shape index (κ3) is 6.46. The lowest BCUT2D eigenvalue weighted by molar-refractivity contribution is -0.253. The average Bonchev–Trinajstić information content (AvgIpc) is 2.58. The van der Waals surface area contributed by atoms with Crippen molar-refractivity contribution in [1.29, 1.82) is 0 Å². The van der Waals surface area contributed by atoms with Crippen LogP contribution in [0, 0.1) is 0 Å². The van der Waals surface area contributed by atoms with E-state index in [1.165, 1.54) is 0 Å². The smallest absolute Gasteiger partial charge is 0.407 e. The predicted molar refractivity (Wildman–Crippen MR) is 81.1 cm³/mol. The largest absolute Gasteiger partial charge is 0.468 e. The van der Waals surface area contributed by atoms with Crippen LogP contribution in [0.3, 0.4) is 0 Å². The number of carbonyl (C=O) groups is 3. The highest BCUT2D eigenvalue weighted by molar-refractivity contribution is 5.77. The molecule has 1 aliphatic heterocycles. The first kappa shape index (κ1) is 21.1. The Morgan fingerprint density at radius 3 is 2.44 bits per heavy atom. The van der Waals surface area contributed by atoms with Crippen LogP contribution in [-0.4, -0.2) is 84.2 Å². The summed E-state index contributed by atoms with van der Waals surface area (Å²) in [6.07, 6.45) is -6.03. The van der Waals surface area contributed by atoms with Crippen LogP contribution in [0.1, 0.15) is 19.8 Å². The third-order valence-corrected chi connectivity index (χ3v) is 3.51. The van der Waals surface area contributed by atoms with Crippen LogP contribution in [0.25, 0.3) is 0 Å². The highest BCUT2D eigenvalue weighted by Crippen LogP contribution is 2.20. The van der Waals surface area contributed by atoms with Gasteiger partial charge in [-0.3, -0.25) is 9.59 Å². The molecular weight excluding hydrogens is 340 g/mol. The monoisotopic (exact) mass is 364 g/mol. The van der Waals surface area contributed by atoms with Gasteiger partial charge in [-0.25, -0.2) is 4.79 Å². The molecule has 5 atom stereocenters. The second-order valence-corrected chi connectivity index (χ2v) is 5.42. The molecule has 0 radical (unpaired) electrons. The molecule has 25 heavy (non-hydrogen) atoms. The molecule has 0 aromatic carbocycles. The lowest BCUT2D eigenvalue weighted by atomic mass is 9.97. The fraction of sp³-hybridized carbons (Fsp3) is 0.786. The summed E-state index contributed by atoms with van der Waals surface area (Å²) in [5.74, 6) is -1.08. The maximum Gasteiger partial charge on any atom is 0.407 e. The van der Waals surface area contributed by atoms with Gasteiger partial charge in [0.2, 0.25) is 5.91 Å². The Balaban J connectivity index is 2.49. The summed E-state index contributed by atoms with van der Waals surface area (Å²) in [5.41, 5.74) is 0. The quantitative estimate of drug-likeness (QED) is 0.310. The van der Waals surface area contributed by atoms with Gasteiger partial charge in [0.25, 0.3) is 0 Å². The Morgan fingerprint density at radius 1 is 1.16 bits per heavy atom. The Labute approximate surface area is 144 Å². The predicted octanol–water partition coefficient (Wildman–Crippen LogP) is -2.39. The summed E-state index contributed by atoms with van der Waals surface area (Å²) < 4.78 is 14.2. The molecule has 11 nitrogen and oxygen atoms in total. The van der Waals surface area contributed by atoms with E-state index < -0.39 is 61.8 Å². The number of nitrogens with one attached hydrogen (secondary N) is 2. The molecule has 1 saturated heterocycles. The van der Waals surface area contributed by atoms with Crippen LogP contribution in [0.5, 0.6) is 0 Å². The minimum atomic E-state index is -1.59. The van der Waals surface area contributed by atoms with Gasteiger partial charge >= 0.3 is 12.1 Å². The van der Waals surface area contributed by atoms with E-state index in [4.69, 9.17) is 9.47 Å². The summed E-state index contributed by atoms with van der Waals surface area (Å²) in [7, 11) is 1.15. The van der Waals surface area contributed by atoms with E-state index in [9.17, 15) is 29.7 Å². The first-order chi connectivity index (χ1) is 11.8. The molecule has 0 aliphatic carbocycles. The van der Waals surface area contributed by atoms with Gasteiger partial charge < -0.3 is 40.2 Å². The third-order valence-electron chi connectivity index (χ3n) is 3.51. The average molecular weight is 364 g/mol. The number of aliphatic hydroxyl groups excluding tert-OH is 3. The van der Waals surface area contributed by atoms with Crippen molar-refractivity contribution in [1.82, 2.24) is 10.6 Å². The first-order valence-electron chi connectivity index (χ1n) is 7.76. The van der Waals surface area contributed by atoms with Crippen LogP contribution in [0.4, 0.5) is 4.79 Å². The van der Waals surface area contributed by atoms with Gasteiger partial charge in [0.1, 0.15) is 37.5 Å². The fourth-order valence-corrected chi connectivity index (χ4v) is 2.15. The normalized spacial score (nSPS) is 28.8. The number of aliphatic hydroxyl groups is 3. The Hall–Kier alpha value is -1.95. The van der Waals surface area contributed by atoms with E-state index in [1.54, 1.807) is 6.92 Å². The zero-order valence-electron chi connectivity index (χ0n) is 14.0. The van der Waals surface area contributed by atoms with E-state index in [-0.39, 0.29) is 6.42 Å². The molecule has 0 aromatic heterocycles. The van der Waals surface area contributed by atoms with Crippen molar-refractivity contribution in [2.75, 3.05) is 20.3 Å². The van der Waals surface area contributed by atoms with Crippen LogP contribution < -0.4 is 10.6 Å². The topological polar surface area (TPSA) is 164 Å². The van der Waals surface area contributed by atoms with E-state index in [0.29, 0.717) is 6.42 Å². The number of hydrogen-bond donors (Lipinski definition) is 5. The molecule has 1 rings (SSSR count). The fourth-order valence-electron chi connectivity index (χ4n) is 2.15. The molecule has 2 amide bonds. The molecule has 5 N–H and O–H groups in total. The molecule has 0 bridgehead atoms. The van der Waals surface area contributed by atoms with Gasteiger partial charge in [0.15, 0.2) is 6.29 Å². The summed E-state index contributed by atoms with van der Waals surface area (Å²) in [6, 6.07) is -1.21. The van der Waals surface area contributed by atoms with Crippen molar-refractivity contribution in [3.05, 3.63) is 0 Å². The SMILES string of the molecule is CCCC(=O)N[C@H]1C(O)O[C@H](COC(=O)NCC(=O)OC)[C@@H](O)[C@@H]1O. The molecule has 1 aliphatic rings. The molecule has 1 heterocycles. The number of rotatable bonds is 7. The second kappa shape index (κ2) is 10.1. The Bertz CT molecular complexity index is 473. The summed E-state index contributed by atoms with van der Waals surface area (Å²) in [4.78, 5) is 33.8. The van der Waals surface area contributed by atoms with Crippen molar-refractivity contribution < 1.29 is 43.9 Å². The molecule has 1 fully saturated rings. The minimum absolute atomic E-state index is 0.193. The van der Waals surface area contributed by atoms with Crippen LogP contribution in [0.2, 0.25) is 0 Å². The van der Waals surface area contributed by atoms with Gasteiger partial charge in [-0.05, 0) is 6.42 Å². The van der Waals surface area contributed by atoms with Crippen molar-refractivity contribution in [2.24, 2.45) is 0 Å². The zero-order chi connectivity index (χ0) is 19.0.